The van der Waals surface area contributed by atoms with Gasteiger partial charge in [0.1, 0.15) is 0 Å². The summed E-state index contributed by atoms with van der Waals surface area (Å²) >= 11 is 1.56. The Bertz CT molecular complexity index is 719. The second-order valence-corrected chi connectivity index (χ2v) is 6.78. The van der Waals surface area contributed by atoms with E-state index < -0.39 is 12.1 Å². The number of esters is 1. The summed E-state index contributed by atoms with van der Waals surface area (Å²) in [7, 11) is 0. The first-order chi connectivity index (χ1) is 12.2. The van der Waals surface area contributed by atoms with E-state index in [9.17, 15) is 9.59 Å². The van der Waals surface area contributed by atoms with Crippen molar-refractivity contribution in [1.82, 2.24) is 4.90 Å². The summed E-state index contributed by atoms with van der Waals surface area (Å²) in [6, 6.07) is 11.1. The SMILES string of the molecule is O=C(/C=C/c1ccsc1)O[C@@H](C(=O)N1CCCCC1)c1ccccc1. The number of benzene rings is 1. The van der Waals surface area contributed by atoms with E-state index in [2.05, 4.69) is 0 Å². The molecule has 1 aromatic carbocycles. The monoisotopic (exact) mass is 355 g/mol. The number of ether oxygens (including phenoxy) is 1. The Kier molecular flexibility index (Phi) is 6.01. The van der Waals surface area contributed by atoms with Crippen LogP contribution in [0.15, 0.2) is 53.2 Å². The fourth-order valence-electron chi connectivity index (χ4n) is 2.86. The third-order valence-corrected chi connectivity index (χ3v) is 4.88. The molecule has 1 aromatic heterocycles. The van der Waals surface area contributed by atoms with Crippen LogP contribution in [0, 0.1) is 0 Å². The third-order valence-electron chi connectivity index (χ3n) is 4.18. The van der Waals surface area contributed by atoms with E-state index in [1.165, 1.54) is 6.08 Å². The van der Waals surface area contributed by atoms with Crippen LogP contribution in [0.2, 0.25) is 0 Å². The third kappa shape index (κ3) is 4.79. The van der Waals surface area contributed by atoms with Crippen molar-refractivity contribution in [1.29, 1.82) is 0 Å². The highest BCUT2D eigenvalue weighted by Crippen LogP contribution is 2.23. The van der Waals surface area contributed by atoms with Crippen LogP contribution in [0.25, 0.3) is 6.08 Å². The average Bonchev–Trinajstić information content (AvgIpc) is 3.19. The minimum atomic E-state index is -0.890. The van der Waals surface area contributed by atoms with Gasteiger partial charge in [0.2, 0.25) is 6.10 Å². The molecule has 1 aliphatic rings. The molecule has 0 N–H and O–H groups in total. The second kappa shape index (κ2) is 8.62. The number of rotatable bonds is 5. The highest BCUT2D eigenvalue weighted by molar-refractivity contribution is 7.08. The van der Waals surface area contributed by atoms with Crippen molar-refractivity contribution in [2.24, 2.45) is 0 Å². The Labute approximate surface area is 151 Å². The lowest BCUT2D eigenvalue weighted by Crippen LogP contribution is -2.40. The molecule has 1 fully saturated rings. The van der Waals surface area contributed by atoms with E-state index in [1.807, 2.05) is 47.2 Å². The smallest absolute Gasteiger partial charge is 0.331 e. The molecule has 0 aliphatic carbocycles. The predicted octanol–water partition coefficient (Wildman–Crippen LogP) is 4.06. The van der Waals surface area contributed by atoms with Crippen LogP contribution in [0.3, 0.4) is 0 Å². The van der Waals surface area contributed by atoms with Crippen molar-refractivity contribution in [2.75, 3.05) is 13.1 Å². The van der Waals surface area contributed by atoms with Gasteiger partial charge in [-0.2, -0.15) is 11.3 Å². The first-order valence-electron chi connectivity index (χ1n) is 8.48. The van der Waals surface area contributed by atoms with Gasteiger partial charge < -0.3 is 9.64 Å². The van der Waals surface area contributed by atoms with Crippen molar-refractivity contribution in [2.45, 2.75) is 25.4 Å². The topological polar surface area (TPSA) is 46.6 Å². The molecule has 1 amide bonds. The molecular weight excluding hydrogens is 334 g/mol. The highest BCUT2D eigenvalue weighted by atomic mass is 32.1. The van der Waals surface area contributed by atoms with Crippen LogP contribution in [0.5, 0.6) is 0 Å². The number of carbonyl (C=O) groups excluding carboxylic acids is 2. The molecule has 0 unspecified atom stereocenters. The van der Waals surface area contributed by atoms with Gasteiger partial charge in [-0.1, -0.05) is 30.3 Å². The standard InChI is InChI=1S/C20H21NO3S/c22-18(10-9-16-11-14-25-15-16)24-19(17-7-3-1-4-8-17)20(23)21-12-5-2-6-13-21/h1,3-4,7-11,14-15,19H,2,5-6,12-13H2/b10-9+/t19-/m1/s1. The van der Waals surface area contributed by atoms with E-state index in [1.54, 1.807) is 22.3 Å². The minimum absolute atomic E-state index is 0.136. The van der Waals surface area contributed by atoms with E-state index >= 15 is 0 Å². The molecule has 5 heteroatoms. The first kappa shape index (κ1) is 17.4. The summed E-state index contributed by atoms with van der Waals surface area (Å²) in [5.41, 5.74) is 1.65. The van der Waals surface area contributed by atoms with Gasteiger partial charge in [0.05, 0.1) is 0 Å². The summed E-state index contributed by atoms with van der Waals surface area (Å²) in [5.74, 6) is -0.645. The van der Waals surface area contributed by atoms with E-state index in [4.69, 9.17) is 4.74 Å². The number of likely N-dealkylation sites (tertiary alicyclic amines) is 1. The minimum Gasteiger partial charge on any atom is -0.444 e. The lowest BCUT2D eigenvalue weighted by Gasteiger charge is -2.30. The average molecular weight is 355 g/mol. The van der Waals surface area contributed by atoms with Crippen LogP contribution in [-0.2, 0) is 14.3 Å². The van der Waals surface area contributed by atoms with E-state index in [-0.39, 0.29) is 5.91 Å². The number of thiophene rings is 1. The van der Waals surface area contributed by atoms with Gasteiger partial charge in [-0.3, -0.25) is 4.79 Å². The van der Waals surface area contributed by atoms with E-state index in [0.29, 0.717) is 5.56 Å². The molecule has 0 bridgehead atoms. The highest BCUT2D eigenvalue weighted by Gasteiger charge is 2.29. The Balaban J connectivity index is 1.74. The Hall–Kier alpha value is -2.40. The maximum atomic E-state index is 12.9. The van der Waals surface area contributed by atoms with Crippen molar-refractivity contribution in [3.05, 3.63) is 64.4 Å². The molecule has 4 nitrogen and oxygen atoms in total. The molecule has 0 saturated carbocycles. The fourth-order valence-corrected chi connectivity index (χ4v) is 3.49. The van der Waals surface area contributed by atoms with Gasteiger partial charge in [0.25, 0.3) is 5.91 Å². The quantitative estimate of drug-likeness (QED) is 0.600. The van der Waals surface area contributed by atoms with Crippen LogP contribution in [0.4, 0.5) is 0 Å². The number of piperidine rings is 1. The summed E-state index contributed by atoms with van der Waals surface area (Å²) in [5, 5.41) is 3.88. The van der Waals surface area contributed by atoms with Crippen LogP contribution < -0.4 is 0 Å². The molecule has 1 saturated heterocycles. The summed E-state index contributed by atoms with van der Waals surface area (Å²) in [6.45, 7) is 1.45. The molecule has 1 aliphatic heterocycles. The first-order valence-corrected chi connectivity index (χ1v) is 9.43. The van der Waals surface area contributed by atoms with Gasteiger partial charge in [-0.25, -0.2) is 4.79 Å². The Morgan fingerprint density at radius 3 is 2.52 bits per heavy atom. The number of carbonyl (C=O) groups is 2. The maximum absolute atomic E-state index is 12.9. The predicted molar refractivity (Wildman–Crippen MR) is 99.1 cm³/mol. The molecule has 0 radical (unpaired) electrons. The van der Waals surface area contributed by atoms with Crippen molar-refractivity contribution in [3.63, 3.8) is 0 Å². The van der Waals surface area contributed by atoms with Crippen molar-refractivity contribution in [3.8, 4) is 0 Å². The van der Waals surface area contributed by atoms with Crippen LogP contribution in [-0.4, -0.2) is 29.9 Å². The second-order valence-electron chi connectivity index (χ2n) is 6.00. The van der Waals surface area contributed by atoms with Crippen LogP contribution in [0.1, 0.15) is 36.5 Å². The summed E-state index contributed by atoms with van der Waals surface area (Å²) in [4.78, 5) is 26.9. The molecule has 2 heterocycles. The number of hydrogen-bond acceptors (Lipinski definition) is 4. The van der Waals surface area contributed by atoms with Crippen molar-refractivity contribution >= 4 is 29.3 Å². The van der Waals surface area contributed by atoms with Gasteiger partial charge in [-0.15, -0.1) is 0 Å². The molecule has 0 spiro atoms. The molecule has 25 heavy (non-hydrogen) atoms. The number of nitrogens with zero attached hydrogens (tertiary/aromatic N) is 1. The van der Waals surface area contributed by atoms with E-state index in [0.717, 1.165) is 37.9 Å². The molecule has 130 valence electrons. The summed E-state index contributed by atoms with van der Waals surface area (Å²) < 4.78 is 5.54. The number of hydrogen-bond donors (Lipinski definition) is 0. The largest absolute Gasteiger partial charge is 0.444 e. The maximum Gasteiger partial charge on any atom is 0.331 e. The zero-order valence-corrected chi connectivity index (χ0v) is 14.8. The van der Waals surface area contributed by atoms with Crippen LogP contribution >= 0.6 is 11.3 Å². The zero-order valence-electron chi connectivity index (χ0n) is 14.0. The molecular formula is C20H21NO3S. The zero-order chi connectivity index (χ0) is 17.5. The Morgan fingerprint density at radius 1 is 1.08 bits per heavy atom. The molecule has 2 aromatic rings. The van der Waals surface area contributed by atoms with Gasteiger partial charge in [-0.05, 0) is 47.7 Å². The fraction of sp³-hybridized carbons (Fsp3) is 0.300. The van der Waals surface area contributed by atoms with Gasteiger partial charge in [0, 0.05) is 24.7 Å². The Morgan fingerprint density at radius 2 is 1.84 bits per heavy atom. The molecule has 1 atom stereocenters. The van der Waals surface area contributed by atoms with Crippen molar-refractivity contribution < 1.29 is 14.3 Å². The number of amides is 1. The normalized spacial score (nSPS) is 15.9. The summed E-state index contributed by atoms with van der Waals surface area (Å²) in [6.07, 6.45) is 5.33. The molecule has 3 rings (SSSR count). The lowest BCUT2D eigenvalue weighted by atomic mass is 10.1. The van der Waals surface area contributed by atoms with Gasteiger partial charge in [0.15, 0.2) is 0 Å². The lowest BCUT2D eigenvalue weighted by molar-refractivity contribution is -0.157. The van der Waals surface area contributed by atoms with Gasteiger partial charge >= 0.3 is 5.97 Å².